The number of aromatic nitrogens is 5. The lowest BCUT2D eigenvalue weighted by Crippen LogP contribution is -2.47. The molecule has 0 aliphatic carbocycles. The van der Waals surface area contributed by atoms with E-state index in [1.54, 1.807) is 18.5 Å². The highest BCUT2D eigenvalue weighted by atomic mass is 19.4. The first-order valence-corrected chi connectivity index (χ1v) is 12.5. The zero-order chi connectivity index (χ0) is 29.7. The minimum Gasteiger partial charge on any atom is -0.542 e. The van der Waals surface area contributed by atoms with E-state index in [1.165, 1.54) is 5.56 Å². The lowest BCUT2D eigenvalue weighted by Gasteiger charge is -2.11. The molecule has 0 unspecified atom stereocenters. The lowest BCUT2D eigenvalue weighted by molar-refractivity contribution is -0.386. The van der Waals surface area contributed by atoms with Gasteiger partial charge in [-0.1, -0.05) is 54.6 Å². The molecule has 1 aliphatic heterocycles. The minimum atomic E-state index is -5.19. The van der Waals surface area contributed by atoms with Gasteiger partial charge in [0.2, 0.25) is 0 Å². The number of quaternary nitrogens is 1. The average molecular weight is 571 g/mol. The van der Waals surface area contributed by atoms with Crippen LogP contribution >= 0.6 is 0 Å². The third-order valence-corrected chi connectivity index (χ3v) is 6.07. The summed E-state index contributed by atoms with van der Waals surface area (Å²) in [6.07, 6.45) is -1.29. The van der Waals surface area contributed by atoms with E-state index in [0.29, 0.717) is 23.6 Å². The zero-order valence-corrected chi connectivity index (χ0v) is 21.8. The van der Waals surface area contributed by atoms with Crippen molar-refractivity contribution in [2.24, 2.45) is 10.2 Å². The van der Waals surface area contributed by atoms with E-state index in [0.717, 1.165) is 46.0 Å². The van der Waals surface area contributed by atoms with Crippen molar-refractivity contribution in [2.45, 2.75) is 19.1 Å². The maximum absolute atomic E-state index is 10.5. The summed E-state index contributed by atoms with van der Waals surface area (Å²) in [5.41, 5.74) is 12.2. The smallest absolute Gasteiger partial charge is 0.430 e. The predicted molar refractivity (Wildman–Crippen MR) is 146 cm³/mol. The number of rotatable bonds is 5. The summed E-state index contributed by atoms with van der Waals surface area (Å²) in [6.45, 7) is 0.736. The molecule has 2 aromatic carbocycles. The van der Waals surface area contributed by atoms with Gasteiger partial charge >= 0.3 is 6.18 Å². The van der Waals surface area contributed by atoms with E-state index in [1.807, 2.05) is 42.5 Å². The molecule has 0 saturated carbocycles. The number of hydrogen-bond donors (Lipinski definition) is 1. The highest BCUT2D eigenvalue weighted by Crippen LogP contribution is 2.31. The number of halogens is 3. The van der Waals surface area contributed by atoms with E-state index < -0.39 is 12.1 Å². The van der Waals surface area contributed by atoms with Gasteiger partial charge in [-0.05, 0) is 18.2 Å². The van der Waals surface area contributed by atoms with Gasteiger partial charge in [0.15, 0.2) is 11.5 Å². The van der Waals surface area contributed by atoms with Gasteiger partial charge in [-0.2, -0.15) is 23.4 Å². The Morgan fingerprint density at radius 1 is 0.786 bits per heavy atom. The SMILES string of the molecule is O=C([O-])C(F)(F)F.[NH3+]Cc1ccc(-c2nc3nc(C4=NN=C(c5ncccn5)C4)ccc3nc2-c2ccccc2)cc1. The number of carboxylic acids is 1. The van der Waals surface area contributed by atoms with Gasteiger partial charge in [-0.3, -0.25) is 0 Å². The number of benzene rings is 2. The fourth-order valence-corrected chi connectivity index (χ4v) is 4.00. The number of alkyl halides is 3. The number of hydrogen-bond acceptors (Lipinski definition) is 9. The molecule has 10 nitrogen and oxygen atoms in total. The molecule has 0 atom stereocenters. The van der Waals surface area contributed by atoms with Gasteiger partial charge in [0.25, 0.3) is 0 Å². The molecule has 3 aromatic heterocycles. The van der Waals surface area contributed by atoms with Crippen LogP contribution < -0.4 is 10.8 Å². The second-order valence-electron chi connectivity index (χ2n) is 8.90. The Morgan fingerprint density at radius 2 is 1.40 bits per heavy atom. The third-order valence-electron chi connectivity index (χ3n) is 6.07. The summed E-state index contributed by atoms with van der Waals surface area (Å²) in [6, 6.07) is 24.0. The van der Waals surface area contributed by atoms with Gasteiger partial charge in [-0.25, -0.2) is 24.9 Å². The largest absolute Gasteiger partial charge is 0.542 e. The average Bonchev–Trinajstić information content (AvgIpc) is 3.51. The van der Waals surface area contributed by atoms with Crippen molar-refractivity contribution in [1.82, 2.24) is 24.9 Å². The fourth-order valence-electron chi connectivity index (χ4n) is 4.00. The van der Waals surface area contributed by atoms with E-state index in [-0.39, 0.29) is 0 Å². The Balaban J connectivity index is 0.000000451. The van der Waals surface area contributed by atoms with Crippen molar-refractivity contribution in [3.63, 3.8) is 0 Å². The zero-order valence-electron chi connectivity index (χ0n) is 21.8. The molecule has 0 radical (unpaired) electrons. The van der Waals surface area contributed by atoms with E-state index in [9.17, 15) is 13.2 Å². The van der Waals surface area contributed by atoms with Crippen LogP contribution in [0.2, 0.25) is 0 Å². The summed E-state index contributed by atoms with van der Waals surface area (Å²) >= 11 is 0. The van der Waals surface area contributed by atoms with Crippen molar-refractivity contribution in [3.8, 4) is 22.5 Å². The number of carboxylic acid groups (broad SMARTS) is 1. The van der Waals surface area contributed by atoms with Crippen molar-refractivity contribution >= 4 is 28.6 Å². The number of aliphatic carboxylic acids is 1. The van der Waals surface area contributed by atoms with Gasteiger partial charge < -0.3 is 15.6 Å². The molecule has 4 heterocycles. The van der Waals surface area contributed by atoms with Gasteiger partial charge in [0.05, 0.1) is 29.3 Å². The summed E-state index contributed by atoms with van der Waals surface area (Å²) in [7, 11) is 0. The van der Waals surface area contributed by atoms with Crippen molar-refractivity contribution < 1.29 is 28.8 Å². The molecular weight excluding hydrogens is 549 g/mol. The van der Waals surface area contributed by atoms with Gasteiger partial charge in [0.1, 0.15) is 17.2 Å². The van der Waals surface area contributed by atoms with Crippen LogP contribution in [0.5, 0.6) is 0 Å². The van der Waals surface area contributed by atoms with Crippen LogP contribution in [0.15, 0.2) is 95.4 Å². The normalized spacial score (nSPS) is 12.8. The molecule has 1 aliphatic rings. The van der Waals surface area contributed by atoms with Crippen LogP contribution in [0.3, 0.4) is 0 Å². The van der Waals surface area contributed by atoms with Gasteiger partial charge in [-0.15, -0.1) is 0 Å². The monoisotopic (exact) mass is 570 g/mol. The Hall–Kier alpha value is -5.43. The summed E-state index contributed by atoms with van der Waals surface area (Å²) in [5, 5.41) is 17.4. The van der Waals surface area contributed by atoms with E-state index >= 15 is 0 Å². The number of carbonyl (C=O) groups is 1. The van der Waals surface area contributed by atoms with Crippen molar-refractivity contribution in [1.29, 1.82) is 0 Å². The summed E-state index contributed by atoms with van der Waals surface area (Å²) in [4.78, 5) is 32.1. The summed E-state index contributed by atoms with van der Waals surface area (Å²) in [5.74, 6) is -2.43. The van der Waals surface area contributed by atoms with Crippen LogP contribution in [0.25, 0.3) is 33.7 Å². The summed E-state index contributed by atoms with van der Waals surface area (Å²) < 4.78 is 31.5. The molecular formula is C29H21F3N8O2. The Kier molecular flexibility index (Phi) is 8.02. The molecule has 3 N–H and O–H groups in total. The number of pyridine rings is 1. The first-order chi connectivity index (χ1) is 20.2. The van der Waals surface area contributed by atoms with E-state index in [4.69, 9.17) is 24.9 Å². The standard InChI is InChI=1S/C27H20N8.C2HF3O2/c28-16-17-7-9-19(10-8-17)25-24(18-5-2-1-3-6-18)31-21-12-11-20(32-27(21)33-25)22-15-23(35-34-22)26-29-13-4-14-30-26;3-2(4,5)1(6)7/h1-14H,15-16,28H2;(H,6,7). The topological polar surface area (TPSA) is 157 Å². The Morgan fingerprint density at radius 3 is 2.05 bits per heavy atom. The van der Waals surface area contributed by atoms with Gasteiger partial charge in [0, 0.05) is 35.5 Å². The lowest BCUT2D eigenvalue weighted by atomic mass is 10.0. The number of fused-ring (bicyclic) bond motifs is 1. The predicted octanol–water partition coefficient (Wildman–Crippen LogP) is 2.79. The first kappa shape index (κ1) is 28.1. The number of nitrogens with zero attached hydrogens (tertiary/aromatic N) is 7. The number of carbonyl (C=O) groups excluding carboxylic acids is 1. The second-order valence-corrected chi connectivity index (χ2v) is 8.90. The molecule has 0 spiro atoms. The van der Waals surface area contributed by atoms with Crippen LogP contribution in [-0.4, -0.2) is 48.5 Å². The van der Waals surface area contributed by atoms with Crippen LogP contribution in [0, 0.1) is 0 Å². The molecule has 42 heavy (non-hydrogen) atoms. The molecule has 5 aromatic rings. The molecule has 0 fully saturated rings. The van der Waals surface area contributed by atoms with Crippen LogP contribution in [0.4, 0.5) is 13.2 Å². The maximum Gasteiger partial charge on any atom is 0.430 e. The molecule has 6 rings (SSSR count). The van der Waals surface area contributed by atoms with Crippen LogP contribution in [-0.2, 0) is 11.3 Å². The molecule has 0 amide bonds. The van der Waals surface area contributed by atoms with Crippen LogP contribution in [0.1, 0.15) is 23.5 Å². The molecule has 0 saturated heterocycles. The Bertz CT molecular complexity index is 1790. The minimum absolute atomic E-state index is 0.511. The highest BCUT2D eigenvalue weighted by molar-refractivity contribution is 6.18. The van der Waals surface area contributed by atoms with Crippen molar-refractivity contribution in [3.05, 3.63) is 102 Å². The molecule has 13 heteroatoms. The van der Waals surface area contributed by atoms with E-state index in [2.05, 4.69) is 50.2 Å². The molecule has 210 valence electrons. The highest BCUT2D eigenvalue weighted by Gasteiger charge is 2.28. The quantitative estimate of drug-likeness (QED) is 0.340. The molecule has 0 bridgehead atoms. The fraction of sp³-hybridized carbons (Fsp3) is 0.103. The third kappa shape index (κ3) is 6.31. The maximum atomic E-state index is 10.5. The second kappa shape index (κ2) is 12.0. The van der Waals surface area contributed by atoms with Crippen molar-refractivity contribution in [2.75, 3.05) is 0 Å². The first-order valence-electron chi connectivity index (χ1n) is 12.5. The Labute approximate surface area is 236 Å².